The van der Waals surface area contributed by atoms with E-state index in [-0.39, 0.29) is 5.75 Å². The van der Waals surface area contributed by atoms with Crippen LogP contribution in [-0.2, 0) is 23.4 Å². The fourth-order valence-corrected chi connectivity index (χ4v) is 3.81. The van der Waals surface area contributed by atoms with E-state index in [1.165, 1.54) is 0 Å². The van der Waals surface area contributed by atoms with Gasteiger partial charge in [-0.15, -0.1) is 5.10 Å². The predicted molar refractivity (Wildman–Crippen MR) is 97.9 cm³/mol. The van der Waals surface area contributed by atoms with Crippen molar-refractivity contribution in [3.63, 3.8) is 0 Å². The second-order valence-corrected chi connectivity index (χ2v) is 10.0. The number of rotatable bonds is 5. The van der Waals surface area contributed by atoms with Gasteiger partial charge in [0.05, 0.1) is 27.9 Å². The summed E-state index contributed by atoms with van der Waals surface area (Å²) in [5.74, 6) is 0.139. The van der Waals surface area contributed by atoms with Gasteiger partial charge in [-0.2, -0.15) is 5.10 Å². The largest absolute Gasteiger partial charge is 0.265 e. The molecule has 3 aromatic rings. The number of hydrogen-bond donors (Lipinski definition) is 0. The third-order valence-electron chi connectivity index (χ3n) is 4.26. The summed E-state index contributed by atoms with van der Waals surface area (Å²) >= 11 is 0. The Hall–Kier alpha value is -2.22. The van der Waals surface area contributed by atoms with Crippen LogP contribution < -0.4 is 0 Å². The van der Waals surface area contributed by atoms with Gasteiger partial charge in [0, 0.05) is 19.0 Å². The topological polar surface area (TPSA) is 82.7 Å². The molecule has 0 aliphatic heterocycles. The highest BCUT2D eigenvalue weighted by Gasteiger charge is 2.28. The van der Waals surface area contributed by atoms with Crippen LogP contribution in [0.1, 0.15) is 27.2 Å². The first-order valence-corrected chi connectivity index (χ1v) is 9.89. The van der Waals surface area contributed by atoms with E-state index in [4.69, 9.17) is 0 Å². The molecule has 2 heterocycles. The Morgan fingerprint density at radius 1 is 1.16 bits per heavy atom. The summed E-state index contributed by atoms with van der Waals surface area (Å²) in [6, 6.07) is 7.88. The Kier molecular flexibility index (Phi) is 4.40. The average Bonchev–Trinajstić information content (AvgIpc) is 3.08. The molecule has 0 bridgehead atoms. The zero-order chi connectivity index (χ0) is 18.2. The highest BCUT2D eigenvalue weighted by Crippen LogP contribution is 2.26. The average molecular weight is 361 g/mol. The second kappa shape index (κ2) is 6.25. The minimum atomic E-state index is -3.12. The summed E-state index contributed by atoms with van der Waals surface area (Å²) < 4.78 is 27.1. The van der Waals surface area contributed by atoms with Crippen molar-refractivity contribution in [3.8, 4) is 11.4 Å². The van der Waals surface area contributed by atoms with Gasteiger partial charge in [0.25, 0.3) is 0 Å². The molecule has 8 heteroatoms. The quantitative estimate of drug-likeness (QED) is 0.697. The molecule has 0 unspecified atom stereocenters. The third-order valence-corrected chi connectivity index (χ3v) is 6.95. The first-order valence-electron chi connectivity index (χ1n) is 8.23. The molecule has 0 aliphatic carbocycles. The first kappa shape index (κ1) is 17.6. The third kappa shape index (κ3) is 3.44. The number of aryl methyl sites for hydroxylation is 2. The van der Waals surface area contributed by atoms with Crippen molar-refractivity contribution in [2.45, 2.75) is 38.5 Å². The van der Waals surface area contributed by atoms with Crippen molar-refractivity contribution in [2.24, 2.45) is 7.05 Å². The van der Waals surface area contributed by atoms with Gasteiger partial charge >= 0.3 is 0 Å². The van der Waals surface area contributed by atoms with Crippen LogP contribution >= 0.6 is 0 Å². The maximum absolute atomic E-state index is 12.2. The molecule has 0 fully saturated rings. The van der Waals surface area contributed by atoms with Gasteiger partial charge in [0.15, 0.2) is 9.84 Å². The van der Waals surface area contributed by atoms with Gasteiger partial charge < -0.3 is 0 Å². The lowest BCUT2D eigenvalue weighted by Gasteiger charge is -2.18. The molecule has 0 saturated carbocycles. The summed E-state index contributed by atoms with van der Waals surface area (Å²) in [6.07, 6.45) is 2.35. The van der Waals surface area contributed by atoms with Crippen LogP contribution in [0.5, 0.6) is 0 Å². The van der Waals surface area contributed by atoms with E-state index in [1.54, 1.807) is 30.1 Å². The molecule has 0 radical (unpaired) electrons. The molecule has 0 amide bonds. The van der Waals surface area contributed by atoms with Crippen LogP contribution in [0.15, 0.2) is 30.5 Å². The van der Waals surface area contributed by atoms with Crippen molar-refractivity contribution in [1.29, 1.82) is 0 Å². The van der Waals surface area contributed by atoms with Gasteiger partial charge in [-0.3, -0.25) is 9.36 Å². The molecule has 0 atom stereocenters. The maximum Gasteiger partial charge on any atom is 0.155 e. The molecule has 2 aromatic heterocycles. The predicted octanol–water partition coefficient (Wildman–Crippen LogP) is 2.44. The van der Waals surface area contributed by atoms with Gasteiger partial charge in [-0.1, -0.05) is 23.4 Å². The summed E-state index contributed by atoms with van der Waals surface area (Å²) in [7, 11) is -1.24. The second-order valence-electron chi connectivity index (χ2n) is 7.14. The summed E-state index contributed by atoms with van der Waals surface area (Å²) in [5, 5.41) is 13.9. The van der Waals surface area contributed by atoms with Crippen LogP contribution in [0.3, 0.4) is 0 Å². The molecule has 0 spiro atoms. The SMILES string of the molecule is Cn1nc2ccccc2c1-c1cn(CCCS(=O)(=O)C(C)(C)C)nn1. The molecule has 0 aliphatic rings. The molecular formula is C17H23N5O2S. The van der Waals surface area contributed by atoms with Crippen LogP contribution in [0.25, 0.3) is 22.3 Å². The van der Waals surface area contributed by atoms with E-state index in [9.17, 15) is 8.42 Å². The van der Waals surface area contributed by atoms with Gasteiger partial charge in [-0.25, -0.2) is 8.42 Å². The first-order chi connectivity index (χ1) is 11.7. The van der Waals surface area contributed by atoms with E-state index in [0.29, 0.717) is 13.0 Å². The zero-order valence-electron chi connectivity index (χ0n) is 15.0. The molecule has 3 rings (SSSR count). The summed E-state index contributed by atoms with van der Waals surface area (Å²) in [4.78, 5) is 0. The summed E-state index contributed by atoms with van der Waals surface area (Å²) in [6.45, 7) is 5.69. The van der Waals surface area contributed by atoms with E-state index >= 15 is 0 Å². The molecule has 0 saturated heterocycles. The molecule has 134 valence electrons. The zero-order valence-corrected chi connectivity index (χ0v) is 15.8. The van der Waals surface area contributed by atoms with E-state index in [2.05, 4.69) is 15.4 Å². The van der Waals surface area contributed by atoms with Crippen LogP contribution in [0, 0.1) is 0 Å². The normalized spacial score (nSPS) is 12.8. The van der Waals surface area contributed by atoms with Crippen molar-refractivity contribution in [2.75, 3.05) is 5.75 Å². The van der Waals surface area contributed by atoms with E-state index in [1.807, 2.05) is 37.5 Å². The number of hydrogen-bond acceptors (Lipinski definition) is 5. The van der Waals surface area contributed by atoms with Gasteiger partial charge in [0.1, 0.15) is 5.69 Å². The highest BCUT2D eigenvalue weighted by molar-refractivity contribution is 7.92. The highest BCUT2D eigenvalue weighted by atomic mass is 32.2. The Morgan fingerprint density at radius 2 is 1.88 bits per heavy atom. The Bertz CT molecular complexity index is 996. The standard InChI is InChI=1S/C17H23N5O2S/c1-17(2,3)25(23,24)11-7-10-22-12-15(18-20-22)16-13-8-5-6-9-14(13)19-21(16)4/h5-6,8-9,12H,7,10-11H2,1-4H3. The van der Waals surface area contributed by atoms with Crippen molar-refractivity contribution in [1.82, 2.24) is 24.8 Å². The smallest absolute Gasteiger partial charge is 0.155 e. The Labute approximate surface area is 147 Å². The lowest BCUT2D eigenvalue weighted by molar-refractivity contribution is 0.541. The van der Waals surface area contributed by atoms with Crippen molar-refractivity contribution >= 4 is 20.7 Å². The minimum Gasteiger partial charge on any atom is -0.265 e. The molecule has 25 heavy (non-hydrogen) atoms. The fourth-order valence-electron chi connectivity index (χ4n) is 2.69. The van der Waals surface area contributed by atoms with Crippen molar-refractivity contribution in [3.05, 3.63) is 30.5 Å². The lowest BCUT2D eigenvalue weighted by atomic mass is 10.2. The van der Waals surface area contributed by atoms with E-state index < -0.39 is 14.6 Å². The number of nitrogens with zero attached hydrogens (tertiary/aromatic N) is 5. The molecular weight excluding hydrogens is 338 g/mol. The Morgan fingerprint density at radius 3 is 2.60 bits per heavy atom. The van der Waals surface area contributed by atoms with Gasteiger partial charge in [-0.05, 0) is 33.3 Å². The molecule has 7 nitrogen and oxygen atoms in total. The fraction of sp³-hybridized carbons (Fsp3) is 0.471. The summed E-state index contributed by atoms with van der Waals surface area (Å²) in [5.41, 5.74) is 2.55. The monoisotopic (exact) mass is 361 g/mol. The number of benzene rings is 1. The molecule has 0 N–H and O–H groups in total. The van der Waals surface area contributed by atoms with Crippen molar-refractivity contribution < 1.29 is 8.42 Å². The number of sulfone groups is 1. The minimum absolute atomic E-state index is 0.139. The van der Waals surface area contributed by atoms with Crippen LogP contribution in [-0.4, -0.2) is 43.7 Å². The van der Waals surface area contributed by atoms with Crippen LogP contribution in [0.4, 0.5) is 0 Å². The lowest BCUT2D eigenvalue weighted by Crippen LogP contribution is -2.30. The molecule has 1 aromatic carbocycles. The van der Waals surface area contributed by atoms with Gasteiger partial charge in [0.2, 0.25) is 0 Å². The Balaban J connectivity index is 1.76. The number of aromatic nitrogens is 5. The van der Waals surface area contributed by atoms with E-state index in [0.717, 1.165) is 22.3 Å². The maximum atomic E-state index is 12.2. The number of fused-ring (bicyclic) bond motifs is 1. The van der Waals surface area contributed by atoms with Crippen LogP contribution in [0.2, 0.25) is 0 Å².